The Bertz CT molecular complexity index is 786. The summed E-state index contributed by atoms with van der Waals surface area (Å²) in [6, 6.07) is 11.9. The summed E-state index contributed by atoms with van der Waals surface area (Å²) in [7, 11) is 1.47. The van der Waals surface area contributed by atoms with Gasteiger partial charge in [0.15, 0.2) is 0 Å². The van der Waals surface area contributed by atoms with Crippen LogP contribution in [0.1, 0.15) is 23.6 Å². The van der Waals surface area contributed by atoms with Gasteiger partial charge in [-0.05, 0) is 29.3 Å². The molecule has 0 aliphatic carbocycles. The van der Waals surface area contributed by atoms with Crippen LogP contribution in [0.15, 0.2) is 48.5 Å². The smallest absolute Gasteiger partial charge is 0.341 e. The van der Waals surface area contributed by atoms with Gasteiger partial charge in [-0.15, -0.1) is 0 Å². The van der Waals surface area contributed by atoms with Gasteiger partial charge in [0.25, 0.3) is 0 Å². The molecule has 0 aromatic heterocycles. The van der Waals surface area contributed by atoms with Crippen molar-refractivity contribution in [2.24, 2.45) is 0 Å². The summed E-state index contributed by atoms with van der Waals surface area (Å²) in [5.41, 5.74) is 0.636. The Hall–Kier alpha value is -2.83. The van der Waals surface area contributed by atoms with Crippen LogP contribution < -0.4 is 5.32 Å². The predicted octanol–water partition coefficient (Wildman–Crippen LogP) is 3.86. The molecule has 26 heavy (non-hydrogen) atoms. The number of benzene rings is 2. The monoisotopic (exact) mass is 364 g/mol. The van der Waals surface area contributed by atoms with Gasteiger partial charge in [-0.3, -0.25) is 9.59 Å². The fourth-order valence-corrected chi connectivity index (χ4v) is 2.50. The van der Waals surface area contributed by atoms with E-state index in [1.165, 1.54) is 37.1 Å². The maximum Gasteiger partial charge on any atom is 0.416 e. The minimum absolute atomic E-state index is 0.0526. The number of nitrogens with zero attached hydrogens (tertiary/aromatic N) is 1. The number of alkyl halides is 3. The van der Waals surface area contributed by atoms with Crippen molar-refractivity contribution in [1.29, 1.82) is 0 Å². The largest absolute Gasteiger partial charge is 0.416 e. The molecule has 4 nitrogen and oxygen atoms in total. The summed E-state index contributed by atoms with van der Waals surface area (Å²) >= 11 is 0. The summed E-state index contributed by atoms with van der Waals surface area (Å²) in [5.74, 6) is -0.494. The topological polar surface area (TPSA) is 49.4 Å². The van der Waals surface area contributed by atoms with Crippen LogP contribution in [0, 0.1) is 0 Å². The van der Waals surface area contributed by atoms with Crippen molar-refractivity contribution in [3.05, 3.63) is 65.2 Å². The zero-order valence-corrected chi connectivity index (χ0v) is 14.4. The first-order chi connectivity index (χ1) is 12.2. The van der Waals surface area contributed by atoms with Crippen LogP contribution in [0.25, 0.3) is 0 Å². The lowest BCUT2D eigenvalue weighted by Crippen LogP contribution is -2.28. The van der Waals surface area contributed by atoms with Crippen molar-refractivity contribution in [2.75, 3.05) is 12.4 Å². The van der Waals surface area contributed by atoms with E-state index in [4.69, 9.17) is 0 Å². The van der Waals surface area contributed by atoms with Gasteiger partial charge in [0.05, 0.1) is 12.0 Å². The summed E-state index contributed by atoms with van der Waals surface area (Å²) in [6.07, 6.45) is -4.40. The van der Waals surface area contributed by atoms with Gasteiger partial charge in [0.1, 0.15) is 0 Å². The molecule has 0 spiro atoms. The van der Waals surface area contributed by atoms with Crippen molar-refractivity contribution in [2.45, 2.75) is 26.1 Å². The van der Waals surface area contributed by atoms with E-state index in [2.05, 4.69) is 5.32 Å². The summed E-state index contributed by atoms with van der Waals surface area (Å²) in [5, 5.41) is 2.62. The van der Waals surface area contributed by atoms with E-state index in [0.717, 1.165) is 6.07 Å². The average Bonchev–Trinajstić information content (AvgIpc) is 2.55. The SMILES string of the molecule is CC(=O)Nc1ccc(CC(=O)N(C)Cc2ccccc2C(F)(F)F)cc1. The van der Waals surface area contributed by atoms with Crippen LogP contribution in [0.2, 0.25) is 0 Å². The molecular formula is C19H19F3N2O2. The molecule has 0 atom stereocenters. The minimum atomic E-state index is -4.46. The molecule has 0 bridgehead atoms. The van der Waals surface area contributed by atoms with E-state index in [1.54, 1.807) is 24.3 Å². The molecule has 0 radical (unpaired) electrons. The molecule has 0 aliphatic heterocycles. The highest BCUT2D eigenvalue weighted by Crippen LogP contribution is 2.32. The summed E-state index contributed by atoms with van der Waals surface area (Å²) in [6.45, 7) is 1.27. The molecule has 7 heteroatoms. The summed E-state index contributed by atoms with van der Waals surface area (Å²) in [4.78, 5) is 24.6. The van der Waals surface area contributed by atoms with Crippen molar-refractivity contribution in [1.82, 2.24) is 4.90 Å². The zero-order valence-electron chi connectivity index (χ0n) is 14.4. The summed E-state index contributed by atoms with van der Waals surface area (Å²) < 4.78 is 39.1. The second-order valence-corrected chi connectivity index (χ2v) is 5.96. The van der Waals surface area contributed by atoms with Crippen molar-refractivity contribution < 1.29 is 22.8 Å². The number of hydrogen-bond acceptors (Lipinski definition) is 2. The molecule has 0 saturated heterocycles. The van der Waals surface area contributed by atoms with Crippen molar-refractivity contribution in [3.63, 3.8) is 0 Å². The molecular weight excluding hydrogens is 345 g/mol. The third kappa shape index (κ3) is 5.34. The Balaban J connectivity index is 2.03. The number of halogens is 3. The Morgan fingerprint density at radius 2 is 1.65 bits per heavy atom. The van der Waals surface area contributed by atoms with Crippen LogP contribution in [-0.4, -0.2) is 23.8 Å². The van der Waals surface area contributed by atoms with Gasteiger partial charge in [-0.1, -0.05) is 30.3 Å². The lowest BCUT2D eigenvalue weighted by Gasteiger charge is -2.20. The highest BCUT2D eigenvalue weighted by Gasteiger charge is 2.33. The Morgan fingerprint density at radius 1 is 1.04 bits per heavy atom. The van der Waals surface area contributed by atoms with Crippen LogP contribution in [0.5, 0.6) is 0 Å². The van der Waals surface area contributed by atoms with E-state index in [-0.39, 0.29) is 30.3 Å². The number of rotatable bonds is 5. The fraction of sp³-hybridized carbons (Fsp3) is 0.263. The molecule has 0 unspecified atom stereocenters. The quantitative estimate of drug-likeness (QED) is 0.876. The predicted molar refractivity (Wildman–Crippen MR) is 92.4 cm³/mol. The van der Waals surface area contributed by atoms with Gasteiger partial charge < -0.3 is 10.2 Å². The molecule has 0 saturated carbocycles. The van der Waals surface area contributed by atoms with E-state index < -0.39 is 11.7 Å². The molecule has 1 N–H and O–H groups in total. The third-order valence-electron chi connectivity index (χ3n) is 3.79. The number of carbonyl (C=O) groups excluding carboxylic acids is 2. The number of nitrogens with one attached hydrogen (secondary N) is 1. The van der Waals surface area contributed by atoms with Gasteiger partial charge in [0.2, 0.25) is 11.8 Å². The highest BCUT2D eigenvalue weighted by atomic mass is 19.4. The van der Waals surface area contributed by atoms with E-state index in [9.17, 15) is 22.8 Å². The van der Waals surface area contributed by atoms with E-state index >= 15 is 0 Å². The van der Waals surface area contributed by atoms with Crippen molar-refractivity contribution in [3.8, 4) is 0 Å². The zero-order chi connectivity index (χ0) is 19.3. The van der Waals surface area contributed by atoms with E-state index in [1.807, 2.05) is 0 Å². The highest BCUT2D eigenvalue weighted by molar-refractivity contribution is 5.88. The first-order valence-electron chi connectivity index (χ1n) is 7.92. The fourth-order valence-electron chi connectivity index (χ4n) is 2.50. The van der Waals surface area contributed by atoms with E-state index in [0.29, 0.717) is 11.3 Å². The lowest BCUT2D eigenvalue weighted by atomic mass is 10.1. The molecule has 0 fully saturated rings. The number of hydrogen-bond donors (Lipinski definition) is 1. The van der Waals surface area contributed by atoms with Gasteiger partial charge in [-0.25, -0.2) is 0 Å². The molecule has 2 amide bonds. The first kappa shape index (κ1) is 19.5. The first-order valence-corrected chi connectivity index (χ1v) is 7.92. The molecule has 138 valence electrons. The number of likely N-dealkylation sites (N-methyl/N-ethyl adjacent to an activating group) is 1. The van der Waals surface area contributed by atoms with Gasteiger partial charge in [0, 0.05) is 26.2 Å². The average molecular weight is 364 g/mol. The second kappa shape index (κ2) is 8.03. The maximum absolute atomic E-state index is 13.0. The minimum Gasteiger partial charge on any atom is -0.341 e. The third-order valence-corrected chi connectivity index (χ3v) is 3.79. The van der Waals surface area contributed by atoms with Gasteiger partial charge >= 0.3 is 6.18 Å². The van der Waals surface area contributed by atoms with Crippen LogP contribution >= 0.6 is 0 Å². The van der Waals surface area contributed by atoms with Crippen LogP contribution in [0.3, 0.4) is 0 Å². The Labute approximate surface area is 149 Å². The number of anilines is 1. The molecule has 2 rings (SSSR count). The number of amides is 2. The van der Waals surface area contributed by atoms with Gasteiger partial charge in [-0.2, -0.15) is 13.2 Å². The molecule has 2 aromatic carbocycles. The molecule has 2 aromatic rings. The normalized spacial score (nSPS) is 11.1. The maximum atomic E-state index is 13.0. The number of carbonyl (C=O) groups is 2. The van der Waals surface area contributed by atoms with Crippen LogP contribution in [0.4, 0.5) is 18.9 Å². The van der Waals surface area contributed by atoms with Crippen LogP contribution in [-0.2, 0) is 28.7 Å². The molecule has 0 aliphatic rings. The lowest BCUT2D eigenvalue weighted by molar-refractivity contribution is -0.139. The Morgan fingerprint density at radius 3 is 2.23 bits per heavy atom. The standard InChI is InChI=1S/C19H19F3N2O2/c1-13(25)23-16-9-7-14(8-10-16)11-18(26)24(2)12-15-5-3-4-6-17(15)19(20,21)22/h3-10H,11-12H2,1-2H3,(H,23,25). The Kier molecular flexibility index (Phi) is 6.02. The second-order valence-electron chi connectivity index (χ2n) is 5.96. The van der Waals surface area contributed by atoms with Crippen molar-refractivity contribution >= 4 is 17.5 Å². The molecule has 0 heterocycles.